The van der Waals surface area contributed by atoms with Gasteiger partial charge in [-0.25, -0.2) is 4.79 Å². The van der Waals surface area contributed by atoms with Crippen molar-refractivity contribution in [2.75, 3.05) is 5.32 Å². The van der Waals surface area contributed by atoms with Crippen LogP contribution in [0.4, 0.5) is 10.5 Å². The zero-order chi connectivity index (χ0) is 26.8. The van der Waals surface area contributed by atoms with E-state index in [4.69, 9.17) is 9.47 Å². The molecule has 5 aromatic rings. The van der Waals surface area contributed by atoms with Gasteiger partial charge in [0.2, 0.25) is 0 Å². The van der Waals surface area contributed by atoms with Gasteiger partial charge in [0.1, 0.15) is 11.7 Å². The first-order chi connectivity index (χ1) is 19.1. The van der Waals surface area contributed by atoms with Crippen LogP contribution in [-0.2, 0) is 19.9 Å². The van der Waals surface area contributed by atoms with Crippen molar-refractivity contribution in [2.45, 2.75) is 31.5 Å². The Hall–Kier alpha value is -4.42. The van der Waals surface area contributed by atoms with E-state index in [0.29, 0.717) is 6.47 Å². The molecule has 194 valence electrons. The van der Waals surface area contributed by atoms with Gasteiger partial charge in [0, 0.05) is 10.1 Å². The Morgan fingerprint density at radius 2 is 1.46 bits per heavy atom. The Morgan fingerprint density at radius 1 is 0.846 bits per heavy atom. The number of rotatable bonds is 8. The average molecular weight is 534 g/mol. The van der Waals surface area contributed by atoms with Crippen LogP contribution < -0.4 is 5.32 Å². The highest BCUT2D eigenvalue weighted by Crippen LogP contribution is 2.49. The Balaban J connectivity index is 1.25. The maximum atomic E-state index is 12.9. The van der Waals surface area contributed by atoms with Gasteiger partial charge in [0.25, 0.3) is 6.47 Å². The topological polar surface area (TPSA) is 64.6 Å². The molecule has 39 heavy (non-hydrogen) atoms. The number of hydrogen-bond donors (Lipinski definition) is 1. The second-order valence-corrected chi connectivity index (χ2v) is 10.8. The summed E-state index contributed by atoms with van der Waals surface area (Å²) in [5.74, 6) is 0. The van der Waals surface area contributed by atoms with Gasteiger partial charge in [-0.1, -0.05) is 97.1 Å². The molecule has 6 rings (SSSR count). The van der Waals surface area contributed by atoms with E-state index in [1.165, 1.54) is 0 Å². The van der Waals surface area contributed by atoms with Crippen LogP contribution in [0.25, 0.3) is 31.7 Å². The molecule has 1 amide bonds. The SMILES string of the molecule is C[C@@H](OC(=O)Nc1c(-c2ccc(-c3ccc(C4(OC=O)CC4)cc3)cc2)sc2ccccc12)c1ccccc1. The van der Waals surface area contributed by atoms with Crippen molar-refractivity contribution in [2.24, 2.45) is 0 Å². The minimum atomic E-state index is -0.486. The molecule has 0 aliphatic heterocycles. The number of carbonyl (C=O) groups excluding carboxylic acids is 2. The highest BCUT2D eigenvalue weighted by atomic mass is 32.1. The fourth-order valence-corrected chi connectivity index (χ4v) is 6.08. The fraction of sp³-hybridized carbons (Fsp3) is 0.152. The molecule has 4 aromatic carbocycles. The van der Waals surface area contributed by atoms with Gasteiger partial charge in [0.15, 0.2) is 0 Å². The lowest BCUT2D eigenvalue weighted by atomic mass is 9.99. The molecule has 1 N–H and O–H groups in total. The van der Waals surface area contributed by atoms with Crippen molar-refractivity contribution < 1.29 is 19.1 Å². The number of ether oxygens (including phenoxy) is 2. The Kier molecular flexibility index (Phi) is 6.63. The molecule has 0 bridgehead atoms. The maximum absolute atomic E-state index is 12.9. The largest absolute Gasteiger partial charge is 0.456 e. The van der Waals surface area contributed by atoms with Crippen LogP contribution in [0.1, 0.15) is 37.0 Å². The minimum absolute atomic E-state index is 0.370. The summed E-state index contributed by atoms with van der Waals surface area (Å²) in [6, 6.07) is 34.3. The van der Waals surface area contributed by atoms with Crippen LogP contribution in [-0.4, -0.2) is 12.6 Å². The summed E-state index contributed by atoms with van der Waals surface area (Å²) in [5.41, 5.74) is 5.47. The van der Waals surface area contributed by atoms with Crippen molar-refractivity contribution >= 4 is 39.7 Å². The first-order valence-corrected chi connectivity index (χ1v) is 13.7. The van der Waals surface area contributed by atoms with Crippen LogP contribution >= 0.6 is 11.3 Å². The molecule has 0 radical (unpaired) electrons. The number of benzene rings is 4. The zero-order valence-electron chi connectivity index (χ0n) is 21.4. The van der Waals surface area contributed by atoms with Crippen molar-refractivity contribution in [3.05, 3.63) is 114 Å². The van der Waals surface area contributed by atoms with Gasteiger partial charge in [-0.05, 0) is 53.6 Å². The van der Waals surface area contributed by atoms with E-state index >= 15 is 0 Å². The van der Waals surface area contributed by atoms with Crippen LogP contribution in [0.2, 0.25) is 0 Å². The quantitative estimate of drug-likeness (QED) is 0.203. The number of carbonyl (C=O) groups is 2. The summed E-state index contributed by atoms with van der Waals surface area (Å²) in [7, 11) is 0. The summed E-state index contributed by atoms with van der Waals surface area (Å²) in [6.45, 7) is 2.41. The molecule has 1 atom stereocenters. The Labute approximate surface area is 231 Å². The van der Waals surface area contributed by atoms with Gasteiger partial charge in [-0.15, -0.1) is 11.3 Å². The van der Waals surface area contributed by atoms with Crippen LogP contribution in [0.15, 0.2) is 103 Å². The number of amides is 1. The molecule has 6 heteroatoms. The summed E-state index contributed by atoms with van der Waals surface area (Å²) in [5, 5.41) is 4.01. The molecule has 1 saturated carbocycles. The normalized spacial score (nSPS) is 14.4. The van der Waals surface area contributed by atoms with E-state index in [1.807, 2.05) is 67.6 Å². The molecule has 1 heterocycles. The van der Waals surface area contributed by atoms with Crippen LogP contribution in [0.5, 0.6) is 0 Å². The van der Waals surface area contributed by atoms with E-state index in [-0.39, 0.29) is 6.10 Å². The van der Waals surface area contributed by atoms with E-state index in [9.17, 15) is 9.59 Å². The summed E-state index contributed by atoms with van der Waals surface area (Å²) in [6.07, 6.45) is 0.874. The van der Waals surface area contributed by atoms with Crippen molar-refractivity contribution in [1.82, 2.24) is 0 Å². The molecule has 5 nitrogen and oxygen atoms in total. The molecule has 1 aliphatic rings. The summed E-state index contributed by atoms with van der Waals surface area (Å²) >= 11 is 1.64. The molecule has 1 fully saturated rings. The van der Waals surface area contributed by atoms with Gasteiger partial charge >= 0.3 is 6.09 Å². The summed E-state index contributed by atoms with van der Waals surface area (Å²) < 4.78 is 12.1. The third-order valence-electron chi connectivity index (χ3n) is 7.24. The fourth-order valence-electron chi connectivity index (χ4n) is 4.92. The van der Waals surface area contributed by atoms with Gasteiger partial charge in [-0.3, -0.25) is 10.1 Å². The number of hydrogen-bond acceptors (Lipinski definition) is 5. The zero-order valence-corrected chi connectivity index (χ0v) is 22.2. The highest BCUT2D eigenvalue weighted by molar-refractivity contribution is 7.23. The Morgan fingerprint density at radius 3 is 2.13 bits per heavy atom. The molecular formula is C33H27NO4S. The standard InChI is InChI=1S/C33H27NO4S/c1-22(23-7-3-2-4-8-23)38-32(36)34-30-28-9-5-6-10-29(28)39-31(30)26-13-11-24(12-14-26)25-15-17-27(18-16-25)33(19-20-33)37-21-35/h2-18,21-22H,19-20H2,1H3,(H,34,36)/t22-/m1/s1. The predicted molar refractivity (Wildman–Crippen MR) is 156 cm³/mol. The predicted octanol–water partition coefficient (Wildman–Crippen LogP) is 8.71. The smallest absolute Gasteiger partial charge is 0.412 e. The minimum Gasteiger partial charge on any atom is -0.456 e. The monoisotopic (exact) mass is 533 g/mol. The molecule has 1 aromatic heterocycles. The highest BCUT2D eigenvalue weighted by Gasteiger charge is 2.46. The number of anilines is 1. The van der Waals surface area contributed by atoms with Crippen molar-refractivity contribution in [3.63, 3.8) is 0 Å². The van der Waals surface area contributed by atoms with E-state index in [2.05, 4.69) is 47.8 Å². The molecule has 0 saturated heterocycles. The Bertz CT molecular complexity index is 1620. The van der Waals surface area contributed by atoms with Gasteiger partial charge < -0.3 is 9.47 Å². The molecule has 1 aliphatic carbocycles. The van der Waals surface area contributed by atoms with Gasteiger partial charge in [0.05, 0.1) is 10.6 Å². The maximum Gasteiger partial charge on any atom is 0.412 e. The third-order valence-corrected chi connectivity index (χ3v) is 8.46. The lowest BCUT2D eigenvalue weighted by Gasteiger charge is -2.15. The molecular weight excluding hydrogens is 506 g/mol. The van der Waals surface area contributed by atoms with E-state index < -0.39 is 11.7 Å². The summed E-state index contributed by atoms with van der Waals surface area (Å²) in [4.78, 5) is 24.8. The van der Waals surface area contributed by atoms with Crippen LogP contribution in [0.3, 0.4) is 0 Å². The van der Waals surface area contributed by atoms with Crippen LogP contribution in [0, 0.1) is 0 Å². The van der Waals surface area contributed by atoms with Crippen molar-refractivity contribution in [3.8, 4) is 21.6 Å². The number of nitrogens with one attached hydrogen (secondary N) is 1. The van der Waals surface area contributed by atoms with E-state index in [1.54, 1.807) is 11.3 Å². The first kappa shape index (κ1) is 24.9. The van der Waals surface area contributed by atoms with E-state index in [0.717, 1.165) is 61.3 Å². The second kappa shape index (κ2) is 10.4. The second-order valence-electron chi connectivity index (χ2n) is 9.75. The molecule has 0 spiro atoms. The number of fused-ring (bicyclic) bond motifs is 1. The lowest BCUT2D eigenvalue weighted by Crippen LogP contribution is -2.16. The van der Waals surface area contributed by atoms with Gasteiger partial charge in [-0.2, -0.15) is 0 Å². The first-order valence-electron chi connectivity index (χ1n) is 12.9. The number of thiophene rings is 1. The lowest BCUT2D eigenvalue weighted by molar-refractivity contribution is -0.136. The molecule has 0 unspecified atom stereocenters. The third kappa shape index (κ3) is 5.03. The average Bonchev–Trinajstić information content (AvgIpc) is 3.68. The van der Waals surface area contributed by atoms with Crippen molar-refractivity contribution in [1.29, 1.82) is 0 Å².